The van der Waals surface area contributed by atoms with E-state index < -0.39 is 0 Å². The monoisotopic (exact) mass is 297 g/mol. The molecule has 1 N–H and O–H groups in total. The van der Waals surface area contributed by atoms with E-state index in [1.165, 1.54) is 0 Å². The third kappa shape index (κ3) is 3.75. The number of carbonyl (C=O) groups is 1. The van der Waals surface area contributed by atoms with Gasteiger partial charge >= 0.3 is 6.03 Å². The summed E-state index contributed by atoms with van der Waals surface area (Å²) in [5.74, 6) is 0.835. The van der Waals surface area contributed by atoms with Crippen LogP contribution in [0.1, 0.15) is 12.8 Å². The van der Waals surface area contributed by atoms with Crippen LogP contribution in [0, 0.1) is 0 Å². The van der Waals surface area contributed by atoms with Gasteiger partial charge in [0, 0.05) is 44.0 Å². The highest BCUT2D eigenvalue weighted by Crippen LogP contribution is 2.19. The lowest BCUT2D eigenvalue weighted by Gasteiger charge is -2.32. The Balaban J connectivity index is 1.48. The second-order valence-corrected chi connectivity index (χ2v) is 5.28. The van der Waals surface area contributed by atoms with Crippen LogP contribution in [0.15, 0.2) is 54.9 Å². The number of para-hydroxylation sites is 1. The predicted octanol–water partition coefficient (Wildman–Crippen LogP) is 3.16. The van der Waals surface area contributed by atoms with E-state index in [0.29, 0.717) is 13.1 Å². The molecule has 1 fully saturated rings. The summed E-state index contributed by atoms with van der Waals surface area (Å²) < 4.78 is 5.90. The molecule has 0 spiro atoms. The Bertz CT molecular complexity index is 596. The first-order valence-corrected chi connectivity index (χ1v) is 7.49. The van der Waals surface area contributed by atoms with Crippen molar-refractivity contribution in [2.24, 2.45) is 0 Å². The highest BCUT2D eigenvalue weighted by atomic mass is 16.5. The van der Waals surface area contributed by atoms with Gasteiger partial charge in [0.1, 0.15) is 11.9 Å². The van der Waals surface area contributed by atoms with Gasteiger partial charge in [-0.1, -0.05) is 18.2 Å². The molecule has 1 aromatic carbocycles. The lowest BCUT2D eigenvalue weighted by atomic mass is 10.1. The van der Waals surface area contributed by atoms with Crippen LogP contribution in [0.3, 0.4) is 0 Å². The molecule has 1 saturated heterocycles. The fourth-order valence-corrected chi connectivity index (χ4v) is 2.51. The molecule has 0 saturated carbocycles. The molecule has 114 valence electrons. The van der Waals surface area contributed by atoms with E-state index in [-0.39, 0.29) is 12.1 Å². The summed E-state index contributed by atoms with van der Waals surface area (Å²) in [6.45, 7) is 1.41. The SMILES string of the molecule is O=C(Nc1ccccc1)N1CCC(Oc2ccncc2)CC1. The topological polar surface area (TPSA) is 54.5 Å². The van der Waals surface area contributed by atoms with Crippen molar-refractivity contribution in [2.45, 2.75) is 18.9 Å². The van der Waals surface area contributed by atoms with Gasteiger partial charge in [0.15, 0.2) is 0 Å². The summed E-state index contributed by atoms with van der Waals surface area (Å²) in [7, 11) is 0. The Kier molecular flexibility index (Phi) is 4.53. The summed E-state index contributed by atoms with van der Waals surface area (Å²) in [6.07, 6.45) is 5.27. The molecule has 1 aromatic heterocycles. The number of likely N-dealkylation sites (tertiary alicyclic amines) is 1. The summed E-state index contributed by atoms with van der Waals surface area (Å²) in [5, 5.41) is 2.91. The zero-order valence-corrected chi connectivity index (χ0v) is 12.3. The van der Waals surface area contributed by atoms with E-state index in [1.54, 1.807) is 12.4 Å². The number of amides is 2. The molecular formula is C17H19N3O2. The zero-order chi connectivity index (χ0) is 15.2. The first-order valence-electron chi connectivity index (χ1n) is 7.49. The number of urea groups is 1. The van der Waals surface area contributed by atoms with Crippen LogP contribution >= 0.6 is 0 Å². The maximum Gasteiger partial charge on any atom is 0.321 e. The molecule has 0 radical (unpaired) electrons. The maximum atomic E-state index is 12.2. The van der Waals surface area contributed by atoms with Crippen molar-refractivity contribution in [1.29, 1.82) is 0 Å². The number of hydrogen-bond donors (Lipinski definition) is 1. The number of pyridine rings is 1. The average Bonchev–Trinajstić information content (AvgIpc) is 2.57. The number of anilines is 1. The van der Waals surface area contributed by atoms with Gasteiger partial charge in [-0.3, -0.25) is 4.98 Å². The minimum Gasteiger partial charge on any atom is -0.490 e. The van der Waals surface area contributed by atoms with Gasteiger partial charge in [0.25, 0.3) is 0 Å². The van der Waals surface area contributed by atoms with Gasteiger partial charge in [-0.05, 0) is 24.3 Å². The summed E-state index contributed by atoms with van der Waals surface area (Å²) >= 11 is 0. The molecule has 1 aliphatic heterocycles. The van der Waals surface area contributed by atoms with Gasteiger partial charge in [-0.2, -0.15) is 0 Å². The Morgan fingerprint density at radius 3 is 2.45 bits per heavy atom. The fraction of sp³-hybridized carbons (Fsp3) is 0.294. The first kappa shape index (κ1) is 14.4. The molecule has 22 heavy (non-hydrogen) atoms. The van der Waals surface area contributed by atoms with Gasteiger partial charge < -0.3 is 15.0 Å². The van der Waals surface area contributed by atoms with Crippen LogP contribution < -0.4 is 10.1 Å². The highest BCUT2D eigenvalue weighted by molar-refractivity contribution is 5.89. The van der Waals surface area contributed by atoms with Crippen molar-refractivity contribution < 1.29 is 9.53 Å². The van der Waals surface area contributed by atoms with Crippen molar-refractivity contribution in [3.05, 3.63) is 54.9 Å². The summed E-state index contributed by atoms with van der Waals surface area (Å²) in [5.41, 5.74) is 0.822. The molecule has 5 heteroatoms. The minimum absolute atomic E-state index is 0.0476. The smallest absolute Gasteiger partial charge is 0.321 e. The van der Waals surface area contributed by atoms with Gasteiger partial charge in [-0.25, -0.2) is 4.79 Å². The quantitative estimate of drug-likeness (QED) is 0.947. The third-order valence-corrected chi connectivity index (χ3v) is 3.71. The van der Waals surface area contributed by atoms with Crippen LogP contribution in [0.4, 0.5) is 10.5 Å². The first-order chi connectivity index (χ1) is 10.8. The van der Waals surface area contributed by atoms with Crippen molar-refractivity contribution in [1.82, 2.24) is 9.88 Å². The molecule has 0 aliphatic carbocycles. The molecule has 2 heterocycles. The Morgan fingerprint density at radius 1 is 1.09 bits per heavy atom. The standard InChI is InChI=1S/C17H19N3O2/c21-17(19-14-4-2-1-3-5-14)20-12-8-16(9-13-20)22-15-6-10-18-11-7-15/h1-7,10-11,16H,8-9,12-13H2,(H,19,21). The molecular weight excluding hydrogens is 278 g/mol. The lowest BCUT2D eigenvalue weighted by Crippen LogP contribution is -2.43. The summed E-state index contributed by atoms with van der Waals surface area (Å²) in [6, 6.07) is 13.2. The van der Waals surface area contributed by atoms with E-state index in [2.05, 4.69) is 10.3 Å². The zero-order valence-electron chi connectivity index (χ0n) is 12.3. The predicted molar refractivity (Wildman–Crippen MR) is 84.9 cm³/mol. The van der Waals surface area contributed by atoms with Crippen molar-refractivity contribution in [2.75, 3.05) is 18.4 Å². The van der Waals surface area contributed by atoms with Crippen LogP contribution in [0.25, 0.3) is 0 Å². The highest BCUT2D eigenvalue weighted by Gasteiger charge is 2.23. The number of benzene rings is 1. The number of nitrogens with one attached hydrogen (secondary N) is 1. The van der Waals surface area contributed by atoms with Crippen molar-refractivity contribution in [3.63, 3.8) is 0 Å². The summed E-state index contributed by atoms with van der Waals surface area (Å²) in [4.78, 5) is 18.0. The van der Waals surface area contributed by atoms with Gasteiger partial charge in [-0.15, -0.1) is 0 Å². The van der Waals surface area contributed by atoms with Crippen LogP contribution in [0.5, 0.6) is 5.75 Å². The molecule has 2 amide bonds. The number of carbonyl (C=O) groups excluding carboxylic acids is 1. The molecule has 1 aliphatic rings. The average molecular weight is 297 g/mol. The minimum atomic E-state index is -0.0476. The number of piperidine rings is 1. The second kappa shape index (κ2) is 6.93. The fourth-order valence-electron chi connectivity index (χ4n) is 2.51. The van der Waals surface area contributed by atoms with Crippen molar-refractivity contribution >= 4 is 11.7 Å². The largest absolute Gasteiger partial charge is 0.490 e. The molecule has 3 rings (SSSR count). The number of rotatable bonds is 3. The number of nitrogens with zero attached hydrogens (tertiary/aromatic N) is 2. The second-order valence-electron chi connectivity index (χ2n) is 5.28. The molecule has 0 unspecified atom stereocenters. The Hall–Kier alpha value is -2.56. The molecule has 0 bridgehead atoms. The number of hydrogen-bond acceptors (Lipinski definition) is 3. The van der Waals surface area contributed by atoms with Crippen LogP contribution in [0.2, 0.25) is 0 Å². The van der Waals surface area contributed by atoms with E-state index in [9.17, 15) is 4.79 Å². The normalized spacial score (nSPS) is 15.4. The van der Waals surface area contributed by atoms with Crippen molar-refractivity contribution in [3.8, 4) is 5.75 Å². The Labute approximate surface area is 129 Å². The van der Waals surface area contributed by atoms with Crippen LogP contribution in [-0.2, 0) is 0 Å². The third-order valence-electron chi connectivity index (χ3n) is 3.71. The van der Waals surface area contributed by atoms with Gasteiger partial charge in [0.05, 0.1) is 0 Å². The lowest BCUT2D eigenvalue weighted by molar-refractivity contribution is 0.115. The maximum absolute atomic E-state index is 12.2. The van der Waals surface area contributed by atoms with Gasteiger partial charge in [0.2, 0.25) is 0 Å². The van der Waals surface area contributed by atoms with E-state index in [1.807, 2.05) is 47.4 Å². The van der Waals surface area contributed by atoms with E-state index in [4.69, 9.17) is 4.74 Å². The van der Waals surface area contributed by atoms with Crippen LogP contribution in [-0.4, -0.2) is 35.1 Å². The molecule has 0 atom stereocenters. The van der Waals surface area contributed by atoms with E-state index >= 15 is 0 Å². The number of ether oxygens (including phenoxy) is 1. The molecule has 5 nitrogen and oxygen atoms in total. The van der Waals surface area contributed by atoms with E-state index in [0.717, 1.165) is 24.3 Å². The number of aromatic nitrogens is 1. The Morgan fingerprint density at radius 2 is 1.77 bits per heavy atom. The molecule has 2 aromatic rings.